The lowest BCUT2D eigenvalue weighted by Gasteiger charge is -2.37. The summed E-state index contributed by atoms with van der Waals surface area (Å²) < 4.78 is 59.1. The van der Waals surface area contributed by atoms with Crippen molar-refractivity contribution in [2.75, 3.05) is 0 Å². The summed E-state index contributed by atoms with van der Waals surface area (Å²) in [5.74, 6) is 6.05. The summed E-state index contributed by atoms with van der Waals surface area (Å²) in [7, 11) is 0. The fraction of sp³-hybridized carbons (Fsp3) is 0.250. The number of hydrogen-bond acceptors (Lipinski definition) is 6. The Morgan fingerprint density at radius 2 is 1.21 bits per heavy atom. The summed E-state index contributed by atoms with van der Waals surface area (Å²) in [6.45, 7) is 0. The molecular formula is C48H39Cl2F4N3O5. The second-order valence-corrected chi connectivity index (χ2v) is 15.8. The molecule has 4 atom stereocenters. The Morgan fingerprint density at radius 3 is 1.74 bits per heavy atom. The molecule has 2 aliphatic rings. The largest absolute Gasteiger partial charge is 0.441 e. The number of benzene rings is 4. The first-order chi connectivity index (χ1) is 29.7. The molecule has 0 aliphatic heterocycles. The van der Waals surface area contributed by atoms with Crippen LogP contribution in [0.15, 0.2) is 109 Å². The number of carbonyl (C=O) groups is 3. The van der Waals surface area contributed by atoms with Crippen molar-refractivity contribution in [1.29, 1.82) is 0 Å². The van der Waals surface area contributed by atoms with Gasteiger partial charge in [-0.1, -0.05) is 59.2 Å². The minimum absolute atomic E-state index is 0.00411. The standard InChI is InChI=1S/C27H21ClF2N2O3.C21H18ClF2NO2/c28-20-6-3-5-18(15-20)11-13-27(35-26(34)24-8-1-2-14-31-24)12-4-7-21(17-27)32-25(33)19-9-10-22(29)23(30)16-19;22-16-4-1-3-14(11-16)8-10-21(27)9-2-5-17(13-21)25-20(26)15-6-7-18(23)19(24)12-15/h1-3,5-6,8-10,14-16,21H,4,7,12,17H2,(H,32,33);1,3-4,6-7,11-12,17,27H,2,5,9,13H2,(H,25,26)/t21-,27+;17-,21+/m01/s1. The number of aromatic nitrogens is 1. The minimum Gasteiger partial charge on any atom is -0.441 e. The SMILES string of the molecule is O=C(N[C@@H]1CCC[C@](O)(C#Cc2cccc(Cl)c2)C1)c1ccc(F)c(F)c1.O=C(N[C@H]1CCC[C@](C#Cc2cccc(Cl)c2)(OC(=O)c2ccccn2)C1)c1ccc(F)c(F)c1. The third kappa shape index (κ3) is 12.7. The number of esters is 1. The van der Waals surface area contributed by atoms with Crippen LogP contribution in [0.1, 0.15) is 93.7 Å². The highest BCUT2D eigenvalue weighted by atomic mass is 35.5. The smallest absolute Gasteiger partial charge is 0.358 e. The maximum Gasteiger partial charge on any atom is 0.358 e. The van der Waals surface area contributed by atoms with Gasteiger partial charge in [-0.05, 0) is 129 Å². The summed E-state index contributed by atoms with van der Waals surface area (Å²) in [6, 6.07) is 24.2. The summed E-state index contributed by atoms with van der Waals surface area (Å²) >= 11 is 12.0. The van der Waals surface area contributed by atoms with E-state index in [1.54, 1.807) is 66.7 Å². The van der Waals surface area contributed by atoms with Crippen molar-refractivity contribution in [3.8, 4) is 23.7 Å². The van der Waals surface area contributed by atoms with Crippen LogP contribution in [0.2, 0.25) is 10.0 Å². The van der Waals surface area contributed by atoms with Crippen LogP contribution in [0.3, 0.4) is 0 Å². The number of halogens is 6. The number of amides is 2. The van der Waals surface area contributed by atoms with Crippen molar-refractivity contribution in [2.24, 2.45) is 0 Å². The van der Waals surface area contributed by atoms with Gasteiger partial charge in [-0.2, -0.15) is 0 Å². The second-order valence-electron chi connectivity index (χ2n) is 14.9. The van der Waals surface area contributed by atoms with E-state index in [2.05, 4.69) is 39.3 Å². The fourth-order valence-corrected chi connectivity index (χ4v) is 7.49. The molecule has 62 heavy (non-hydrogen) atoms. The first-order valence-corrected chi connectivity index (χ1v) is 20.4. The summed E-state index contributed by atoms with van der Waals surface area (Å²) in [6.07, 6.45) is 5.51. The number of nitrogens with one attached hydrogen (secondary N) is 2. The Morgan fingerprint density at radius 1 is 0.661 bits per heavy atom. The highest BCUT2D eigenvalue weighted by molar-refractivity contribution is 6.31. The van der Waals surface area contributed by atoms with Crippen LogP contribution in [-0.2, 0) is 4.74 Å². The van der Waals surface area contributed by atoms with E-state index in [0.717, 1.165) is 24.3 Å². The molecule has 8 nitrogen and oxygen atoms in total. The molecule has 0 unspecified atom stereocenters. The van der Waals surface area contributed by atoms with Crippen LogP contribution in [0.4, 0.5) is 17.6 Å². The van der Waals surface area contributed by atoms with Crippen molar-refractivity contribution in [1.82, 2.24) is 15.6 Å². The first-order valence-electron chi connectivity index (χ1n) is 19.6. The molecule has 1 aromatic heterocycles. The number of rotatable bonds is 6. The summed E-state index contributed by atoms with van der Waals surface area (Å²) in [5.41, 5.74) is -0.899. The van der Waals surface area contributed by atoms with Crippen LogP contribution in [0, 0.1) is 47.0 Å². The van der Waals surface area contributed by atoms with Gasteiger partial charge in [-0.3, -0.25) is 9.59 Å². The zero-order valence-corrected chi connectivity index (χ0v) is 34.5. The van der Waals surface area contributed by atoms with Gasteiger partial charge < -0.3 is 20.5 Å². The Kier molecular flexibility index (Phi) is 15.1. The van der Waals surface area contributed by atoms with E-state index in [0.29, 0.717) is 59.7 Å². The molecule has 0 bridgehead atoms. The number of carbonyl (C=O) groups excluding carboxylic acids is 3. The van der Waals surface area contributed by atoms with Crippen LogP contribution in [0.5, 0.6) is 0 Å². The number of nitrogens with zero attached hydrogens (tertiary/aromatic N) is 1. The van der Waals surface area contributed by atoms with Gasteiger partial charge in [-0.15, -0.1) is 0 Å². The molecule has 0 radical (unpaired) electrons. The van der Waals surface area contributed by atoms with Gasteiger partial charge in [0.1, 0.15) is 11.3 Å². The van der Waals surface area contributed by atoms with Crippen molar-refractivity contribution >= 4 is 41.0 Å². The third-order valence-corrected chi connectivity index (χ3v) is 10.6. The van der Waals surface area contributed by atoms with E-state index in [-0.39, 0.29) is 35.7 Å². The van der Waals surface area contributed by atoms with Crippen molar-refractivity contribution < 1.29 is 41.8 Å². The van der Waals surface area contributed by atoms with Crippen LogP contribution in [0.25, 0.3) is 0 Å². The third-order valence-electron chi connectivity index (χ3n) is 10.2. The molecular weight excluding hydrogens is 845 g/mol. The highest BCUT2D eigenvalue weighted by Crippen LogP contribution is 2.33. The van der Waals surface area contributed by atoms with E-state index >= 15 is 0 Å². The average molecular weight is 885 g/mol. The van der Waals surface area contributed by atoms with E-state index in [9.17, 15) is 37.1 Å². The zero-order chi connectivity index (χ0) is 44.3. The minimum atomic E-state index is -1.23. The van der Waals surface area contributed by atoms with E-state index in [1.165, 1.54) is 18.3 Å². The number of hydrogen-bond donors (Lipinski definition) is 3. The van der Waals surface area contributed by atoms with Crippen LogP contribution >= 0.6 is 23.2 Å². The monoisotopic (exact) mass is 883 g/mol. The van der Waals surface area contributed by atoms with Gasteiger partial charge in [0.2, 0.25) is 0 Å². The van der Waals surface area contributed by atoms with Gasteiger partial charge in [-0.25, -0.2) is 27.3 Å². The van der Waals surface area contributed by atoms with Crippen molar-refractivity contribution in [2.45, 2.75) is 74.7 Å². The molecule has 2 aliphatic carbocycles. The molecule has 318 valence electrons. The lowest BCUT2D eigenvalue weighted by atomic mass is 9.81. The molecule has 1 heterocycles. The molecule has 3 N–H and O–H groups in total. The quantitative estimate of drug-likeness (QED) is 0.0890. The molecule has 2 amide bonds. The molecule has 0 saturated heterocycles. The lowest BCUT2D eigenvalue weighted by Crippen LogP contribution is -2.47. The molecule has 0 spiro atoms. The second kappa shape index (κ2) is 20.6. The van der Waals surface area contributed by atoms with Gasteiger partial charge in [0.05, 0.1) is 0 Å². The first kappa shape index (κ1) is 45.3. The number of pyridine rings is 1. The predicted octanol–water partition coefficient (Wildman–Crippen LogP) is 9.41. The average Bonchev–Trinajstić information content (AvgIpc) is 3.25. The lowest BCUT2D eigenvalue weighted by molar-refractivity contribution is -0.0122. The fourth-order valence-electron chi connectivity index (χ4n) is 7.11. The van der Waals surface area contributed by atoms with Crippen molar-refractivity contribution in [3.05, 3.63) is 171 Å². The maximum absolute atomic E-state index is 13.6. The van der Waals surface area contributed by atoms with E-state index in [4.69, 9.17) is 27.9 Å². The Hall–Kier alpha value is -6.18. The molecule has 7 rings (SSSR count). The van der Waals surface area contributed by atoms with Crippen LogP contribution < -0.4 is 10.6 Å². The predicted molar refractivity (Wildman–Crippen MR) is 226 cm³/mol. The summed E-state index contributed by atoms with van der Waals surface area (Å²) in [5, 5.41) is 17.5. The Balaban J connectivity index is 0.000000214. The number of aliphatic hydroxyl groups is 1. The molecule has 2 saturated carbocycles. The van der Waals surface area contributed by atoms with Gasteiger partial charge in [0, 0.05) is 63.4 Å². The van der Waals surface area contributed by atoms with Gasteiger partial charge in [0.15, 0.2) is 28.9 Å². The molecule has 14 heteroatoms. The summed E-state index contributed by atoms with van der Waals surface area (Å²) in [4.78, 5) is 41.9. The Labute approximate surface area is 366 Å². The topological polar surface area (TPSA) is 118 Å². The maximum atomic E-state index is 13.6. The van der Waals surface area contributed by atoms with Crippen molar-refractivity contribution in [3.63, 3.8) is 0 Å². The normalized spacial score (nSPS) is 20.4. The van der Waals surface area contributed by atoms with Crippen LogP contribution in [-0.4, -0.2) is 51.2 Å². The molecule has 2 fully saturated rings. The van der Waals surface area contributed by atoms with E-state index < -0.39 is 58.3 Å². The van der Waals surface area contributed by atoms with Gasteiger partial charge in [0.25, 0.3) is 11.8 Å². The zero-order valence-electron chi connectivity index (χ0n) is 33.0. The number of ether oxygens (including phenoxy) is 1. The highest BCUT2D eigenvalue weighted by Gasteiger charge is 2.40. The van der Waals surface area contributed by atoms with Gasteiger partial charge >= 0.3 is 5.97 Å². The Bertz CT molecular complexity index is 2580. The molecule has 4 aromatic carbocycles. The molecule has 5 aromatic rings. The van der Waals surface area contributed by atoms with E-state index in [1.807, 2.05) is 0 Å².